The van der Waals surface area contributed by atoms with E-state index in [0.717, 1.165) is 29.6 Å². The van der Waals surface area contributed by atoms with Crippen LogP contribution >= 0.6 is 11.6 Å². The molecule has 0 radical (unpaired) electrons. The van der Waals surface area contributed by atoms with Gasteiger partial charge in [0.1, 0.15) is 5.76 Å². The summed E-state index contributed by atoms with van der Waals surface area (Å²) < 4.78 is 5.34. The highest BCUT2D eigenvalue weighted by atomic mass is 35.5. The van der Waals surface area contributed by atoms with Crippen LogP contribution in [-0.4, -0.2) is 13.1 Å². The molecule has 0 atom stereocenters. The number of benzene rings is 1. The Kier molecular flexibility index (Phi) is 5.32. The lowest BCUT2D eigenvalue weighted by Crippen LogP contribution is -2.22. The van der Waals surface area contributed by atoms with Crippen molar-refractivity contribution in [3.8, 4) is 0 Å². The lowest BCUT2D eigenvalue weighted by Gasteiger charge is -2.21. The minimum absolute atomic E-state index is 0.468. The van der Waals surface area contributed by atoms with Gasteiger partial charge in [0.05, 0.1) is 17.0 Å². The van der Waals surface area contributed by atoms with Crippen LogP contribution in [0.5, 0.6) is 0 Å². The molecule has 0 amide bonds. The average Bonchev–Trinajstić information content (AvgIpc) is 2.82. The SMILES string of the molecule is Cc1occc1CN(C)c1ccc(CNC(C)C)cc1Cl. The number of hydrogen-bond donors (Lipinski definition) is 1. The van der Waals surface area contributed by atoms with Gasteiger partial charge in [-0.2, -0.15) is 0 Å². The number of aryl methyl sites for hydroxylation is 1. The Bertz CT molecular complexity index is 592. The van der Waals surface area contributed by atoms with Crippen LogP contribution in [0.4, 0.5) is 5.69 Å². The first-order valence-corrected chi connectivity index (χ1v) is 7.61. The van der Waals surface area contributed by atoms with Gasteiger partial charge in [0.2, 0.25) is 0 Å². The van der Waals surface area contributed by atoms with Gasteiger partial charge in [-0.25, -0.2) is 0 Å². The molecule has 0 aliphatic carbocycles. The predicted octanol–water partition coefficient (Wildman–Crippen LogP) is 4.38. The molecule has 21 heavy (non-hydrogen) atoms. The molecule has 0 fully saturated rings. The monoisotopic (exact) mass is 306 g/mol. The van der Waals surface area contributed by atoms with E-state index in [1.165, 1.54) is 11.1 Å². The Hall–Kier alpha value is -1.45. The van der Waals surface area contributed by atoms with Gasteiger partial charge < -0.3 is 14.6 Å². The van der Waals surface area contributed by atoms with E-state index in [0.29, 0.717) is 6.04 Å². The van der Waals surface area contributed by atoms with Crippen LogP contribution in [0.15, 0.2) is 34.9 Å². The molecule has 3 nitrogen and oxygen atoms in total. The smallest absolute Gasteiger partial charge is 0.105 e. The van der Waals surface area contributed by atoms with Gasteiger partial charge in [-0.1, -0.05) is 31.5 Å². The molecule has 0 aliphatic heterocycles. The summed E-state index contributed by atoms with van der Waals surface area (Å²) in [6, 6.07) is 8.70. The highest BCUT2D eigenvalue weighted by molar-refractivity contribution is 6.33. The predicted molar refractivity (Wildman–Crippen MR) is 89.0 cm³/mol. The van der Waals surface area contributed by atoms with Crippen LogP contribution in [0.1, 0.15) is 30.7 Å². The third kappa shape index (κ3) is 4.26. The van der Waals surface area contributed by atoms with Crippen molar-refractivity contribution >= 4 is 17.3 Å². The van der Waals surface area contributed by atoms with Crippen LogP contribution in [0.3, 0.4) is 0 Å². The number of halogens is 1. The quantitative estimate of drug-likeness (QED) is 0.858. The molecule has 1 heterocycles. The number of nitrogens with one attached hydrogen (secondary N) is 1. The van der Waals surface area contributed by atoms with Gasteiger partial charge in [-0.15, -0.1) is 0 Å². The topological polar surface area (TPSA) is 28.4 Å². The largest absolute Gasteiger partial charge is 0.469 e. The molecule has 1 N–H and O–H groups in total. The standard InChI is InChI=1S/C17H23ClN2O/c1-12(2)19-10-14-5-6-17(16(18)9-14)20(4)11-15-7-8-21-13(15)3/h5-9,12,19H,10-11H2,1-4H3. The second-order valence-electron chi connectivity index (χ2n) is 5.68. The zero-order valence-corrected chi connectivity index (χ0v) is 13.9. The van der Waals surface area contributed by atoms with E-state index in [9.17, 15) is 0 Å². The van der Waals surface area contributed by atoms with Crippen molar-refractivity contribution in [3.05, 3.63) is 52.4 Å². The van der Waals surface area contributed by atoms with Crippen LogP contribution in [0.2, 0.25) is 5.02 Å². The fourth-order valence-electron chi connectivity index (χ4n) is 2.21. The van der Waals surface area contributed by atoms with E-state index >= 15 is 0 Å². The van der Waals surface area contributed by atoms with Gasteiger partial charge in [0.25, 0.3) is 0 Å². The first kappa shape index (κ1) is 15.9. The highest BCUT2D eigenvalue weighted by Crippen LogP contribution is 2.27. The number of hydrogen-bond acceptors (Lipinski definition) is 3. The van der Waals surface area contributed by atoms with Crippen LogP contribution in [0, 0.1) is 6.92 Å². The molecule has 1 aromatic heterocycles. The maximum absolute atomic E-state index is 6.43. The summed E-state index contributed by atoms with van der Waals surface area (Å²) in [5.74, 6) is 0.954. The maximum Gasteiger partial charge on any atom is 0.105 e. The molecular formula is C17H23ClN2O. The summed E-state index contributed by atoms with van der Waals surface area (Å²) in [5.41, 5.74) is 3.41. The second kappa shape index (κ2) is 7.01. The molecule has 0 saturated heterocycles. The molecule has 0 saturated carbocycles. The summed E-state index contributed by atoms with van der Waals surface area (Å²) in [6.07, 6.45) is 1.72. The van der Waals surface area contributed by atoms with E-state index in [-0.39, 0.29) is 0 Å². The van der Waals surface area contributed by atoms with Crippen molar-refractivity contribution in [3.63, 3.8) is 0 Å². The fraction of sp³-hybridized carbons (Fsp3) is 0.412. The lowest BCUT2D eigenvalue weighted by atomic mass is 10.1. The van der Waals surface area contributed by atoms with Gasteiger partial charge in [-0.05, 0) is 30.7 Å². The summed E-state index contributed by atoms with van der Waals surface area (Å²) in [7, 11) is 2.04. The van der Waals surface area contributed by atoms with Gasteiger partial charge in [0.15, 0.2) is 0 Å². The number of rotatable bonds is 6. The van der Waals surface area contributed by atoms with E-state index in [1.807, 2.05) is 26.1 Å². The first-order valence-electron chi connectivity index (χ1n) is 7.23. The molecule has 1 aromatic carbocycles. The maximum atomic E-state index is 6.43. The number of furan rings is 1. The van der Waals surface area contributed by atoms with Crippen LogP contribution < -0.4 is 10.2 Å². The molecule has 2 rings (SSSR count). The van der Waals surface area contributed by atoms with E-state index in [4.69, 9.17) is 16.0 Å². The van der Waals surface area contributed by atoms with Crippen LogP contribution in [0.25, 0.3) is 0 Å². The summed E-state index contributed by atoms with van der Waals surface area (Å²) in [5, 5.41) is 4.18. The molecule has 0 aliphatic rings. The molecule has 4 heteroatoms. The number of nitrogens with zero attached hydrogens (tertiary/aromatic N) is 1. The molecule has 2 aromatic rings. The Morgan fingerprint density at radius 3 is 2.62 bits per heavy atom. The molecular weight excluding hydrogens is 284 g/mol. The second-order valence-corrected chi connectivity index (χ2v) is 6.09. The van der Waals surface area contributed by atoms with E-state index < -0.39 is 0 Å². The highest BCUT2D eigenvalue weighted by Gasteiger charge is 2.10. The summed E-state index contributed by atoms with van der Waals surface area (Å²) in [4.78, 5) is 2.14. The van der Waals surface area contributed by atoms with Crippen molar-refractivity contribution in [2.45, 2.75) is 39.9 Å². The zero-order valence-electron chi connectivity index (χ0n) is 13.1. The first-order chi connectivity index (χ1) is 9.97. The number of anilines is 1. The van der Waals surface area contributed by atoms with Crippen molar-refractivity contribution in [2.24, 2.45) is 0 Å². The van der Waals surface area contributed by atoms with Crippen molar-refractivity contribution in [2.75, 3.05) is 11.9 Å². The third-order valence-corrected chi connectivity index (χ3v) is 3.81. The third-order valence-electron chi connectivity index (χ3n) is 3.51. The Morgan fingerprint density at radius 1 is 1.29 bits per heavy atom. The fourth-order valence-corrected chi connectivity index (χ4v) is 2.56. The van der Waals surface area contributed by atoms with E-state index in [1.54, 1.807) is 6.26 Å². The summed E-state index contributed by atoms with van der Waals surface area (Å²) in [6.45, 7) is 7.87. The van der Waals surface area contributed by atoms with Crippen molar-refractivity contribution < 1.29 is 4.42 Å². The molecule has 0 spiro atoms. The minimum Gasteiger partial charge on any atom is -0.469 e. The molecule has 114 valence electrons. The normalized spacial score (nSPS) is 11.1. The van der Waals surface area contributed by atoms with Gasteiger partial charge >= 0.3 is 0 Å². The molecule has 0 bridgehead atoms. The van der Waals surface area contributed by atoms with Crippen LogP contribution in [-0.2, 0) is 13.1 Å². The average molecular weight is 307 g/mol. The van der Waals surface area contributed by atoms with E-state index in [2.05, 4.69) is 36.2 Å². The van der Waals surface area contributed by atoms with Gasteiger partial charge in [-0.3, -0.25) is 0 Å². The van der Waals surface area contributed by atoms with Crippen molar-refractivity contribution in [1.82, 2.24) is 5.32 Å². The zero-order chi connectivity index (χ0) is 15.4. The Balaban J connectivity index is 2.07. The Morgan fingerprint density at radius 2 is 2.05 bits per heavy atom. The minimum atomic E-state index is 0.468. The van der Waals surface area contributed by atoms with Gasteiger partial charge in [0, 0.05) is 31.7 Å². The molecule has 0 unspecified atom stereocenters. The lowest BCUT2D eigenvalue weighted by molar-refractivity contribution is 0.529. The summed E-state index contributed by atoms with van der Waals surface area (Å²) >= 11 is 6.43. The Labute approximate surface area is 131 Å². The van der Waals surface area contributed by atoms with Crippen molar-refractivity contribution in [1.29, 1.82) is 0 Å².